The SMILES string of the molecule is CC(C(=O)N1CCOCC1)N(CCCN)C1CCCCC1. The van der Waals surface area contributed by atoms with Crippen molar-refractivity contribution in [3.05, 3.63) is 0 Å². The Kier molecular flexibility index (Phi) is 6.93. The van der Waals surface area contributed by atoms with Gasteiger partial charge in [-0.1, -0.05) is 19.3 Å². The van der Waals surface area contributed by atoms with Crippen molar-refractivity contribution >= 4 is 5.91 Å². The minimum absolute atomic E-state index is 0.0299. The number of morpholine rings is 1. The summed E-state index contributed by atoms with van der Waals surface area (Å²) in [6.45, 7) is 6.52. The van der Waals surface area contributed by atoms with Crippen molar-refractivity contribution in [2.75, 3.05) is 39.4 Å². The summed E-state index contributed by atoms with van der Waals surface area (Å²) in [5.74, 6) is 0.265. The van der Waals surface area contributed by atoms with Gasteiger partial charge in [0.1, 0.15) is 0 Å². The van der Waals surface area contributed by atoms with E-state index in [2.05, 4.69) is 11.8 Å². The van der Waals surface area contributed by atoms with E-state index in [1.165, 1.54) is 32.1 Å². The highest BCUT2D eigenvalue weighted by atomic mass is 16.5. The minimum Gasteiger partial charge on any atom is -0.378 e. The van der Waals surface area contributed by atoms with Gasteiger partial charge in [-0.05, 0) is 32.7 Å². The van der Waals surface area contributed by atoms with Crippen LogP contribution in [0.5, 0.6) is 0 Å². The van der Waals surface area contributed by atoms with E-state index in [1.807, 2.05) is 4.90 Å². The summed E-state index contributed by atoms with van der Waals surface area (Å²) < 4.78 is 5.35. The maximum atomic E-state index is 12.7. The fraction of sp³-hybridized carbons (Fsp3) is 0.938. The van der Waals surface area contributed by atoms with Gasteiger partial charge in [-0.15, -0.1) is 0 Å². The largest absolute Gasteiger partial charge is 0.378 e. The number of nitrogens with two attached hydrogens (primary N) is 1. The first-order chi connectivity index (χ1) is 10.2. The van der Waals surface area contributed by atoms with Gasteiger partial charge in [-0.25, -0.2) is 0 Å². The van der Waals surface area contributed by atoms with Crippen LogP contribution in [-0.4, -0.2) is 67.2 Å². The number of carbonyl (C=O) groups excluding carboxylic acids is 1. The van der Waals surface area contributed by atoms with Crippen molar-refractivity contribution in [3.63, 3.8) is 0 Å². The van der Waals surface area contributed by atoms with E-state index in [0.717, 1.165) is 26.1 Å². The molecule has 122 valence electrons. The summed E-state index contributed by atoms with van der Waals surface area (Å²) >= 11 is 0. The van der Waals surface area contributed by atoms with Gasteiger partial charge in [0.05, 0.1) is 19.3 Å². The number of hydrogen-bond donors (Lipinski definition) is 1. The third kappa shape index (κ3) is 4.66. The Hall–Kier alpha value is -0.650. The molecule has 21 heavy (non-hydrogen) atoms. The van der Waals surface area contributed by atoms with Gasteiger partial charge < -0.3 is 15.4 Å². The zero-order valence-corrected chi connectivity index (χ0v) is 13.4. The molecule has 1 saturated carbocycles. The lowest BCUT2D eigenvalue weighted by atomic mass is 9.93. The summed E-state index contributed by atoms with van der Waals surface area (Å²) in [7, 11) is 0. The average Bonchev–Trinajstić information content (AvgIpc) is 2.56. The Balaban J connectivity index is 1.97. The smallest absolute Gasteiger partial charge is 0.239 e. The maximum Gasteiger partial charge on any atom is 0.239 e. The number of ether oxygens (including phenoxy) is 1. The molecule has 0 radical (unpaired) electrons. The van der Waals surface area contributed by atoms with E-state index in [-0.39, 0.29) is 11.9 Å². The Morgan fingerprint density at radius 3 is 2.57 bits per heavy atom. The van der Waals surface area contributed by atoms with Crippen molar-refractivity contribution in [2.24, 2.45) is 5.73 Å². The molecule has 0 bridgehead atoms. The Bertz CT molecular complexity index is 313. The van der Waals surface area contributed by atoms with Gasteiger partial charge in [0.2, 0.25) is 5.91 Å². The van der Waals surface area contributed by atoms with Gasteiger partial charge in [0.15, 0.2) is 0 Å². The summed E-state index contributed by atoms with van der Waals surface area (Å²) in [6, 6.07) is 0.531. The molecular formula is C16H31N3O2. The molecular weight excluding hydrogens is 266 g/mol. The Labute approximate surface area is 128 Å². The molecule has 0 aromatic heterocycles. The highest BCUT2D eigenvalue weighted by Crippen LogP contribution is 2.25. The summed E-state index contributed by atoms with van der Waals surface area (Å²) in [6.07, 6.45) is 7.35. The molecule has 0 aromatic rings. The van der Waals surface area contributed by atoms with E-state index < -0.39 is 0 Å². The fourth-order valence-electron chi connectivity index (χ4n) is 3.57. The normalized spacial score (nSPS) is 22.5. The van der Waals surface area contributed by atoms with Crippen molar-refractivity contribution in [1.82, 2.24) is 9.80 Å². The third-order valence-corrected chi connectivity index (χ3v) is 4.84. The molecule has 2 N–H and O–H groups in total. The lowest BCUT2D eigenvalue weighted by molar-refractivity contribution is -0.141. The molecule has 1 saturated heterocycles. The molecule has 2 rings (SSSR count). The van der Waals surface area contributed by atoms with Gasteiger partial charge in [0.25, 0.3) is 0 Å². The third-order valence-electron chi connectivity index (χ3n) is 4.84. The van der Waals surface area contributed by atoms with Crippen LogP contribution >= 0.6 is 0 Å². The van der Waals surface area contributed by atoms with Gasteiger partial charge >= 0.3 is 0 Å². The highest BCUT2D eigenvalue weighted by molar-refractivity contribution is 5.81. The van der Waals surface area contributed by atoms with Crippen LogP contribution in [0.2, 0.25) is 0 Å². The number of rotatable bonds is 6. The molecule has 5 nitrogen and oxygen atoms in total. The second kappa shape index (κ2) is 8.71. The topological polar surface area (TPSA) is 58.8 Å². The van der Waals surface area contributed by atoms with Crippen LogP contribution in [0, 0.1) is 0 Å². The molecule has 1 unspecified atom stereocenters. The van der Waals surface area contributed by atoms with E-state index in [9.17, 15) is 4.79 Å². The fourth-order valence-corrected chi connectivity index (χ4v) is 3.57. The minimum atomic E-state index is -0.0299. The molecule has 2 aliphatic rings. The zero-order chi connectivity index (χ0) is 15.1. The predicted octanol–water partition coefficient (Wildman–Crippen LogP) is 1.22. The Morgan fingerprint density at radius 2 is 1.95 bits per heavy atom. The van der Waals surface area contributed by atoms with E-state index in [4.69, 9.17) is 10.5 Å². The lowest BCUT2D eigenvalue weighted by Crippen LogP contribution is -2.54. The van der Waals surface area contributed by atoms with Crippen molar-refractivity contribution in [3.8, 4) is 0 Å². The van der Waals surface area contributed by atoms with Gasteiger partial charge in [-0.2, -0.15) is 0 Å². The lowest BCUT2D eigenvalue weighted by Gasteiger charge is -2.40. The van der Waals surface area contributed by atoms with E-state index >= 15 is 0 Å². The van der Waals surface area contributed by atoms with E-state index in [1.54, 1.807) is 0 Å². The highest BCUT2D eigenvalue weighted by Gasteiger charge is 2.31. The number of nitrogens with zero attached hydrogens (tertiary/aromatic N) is 2. The van der Waals surface area contributed by atoms with E-state index in [0.29, 0.717) is 25.8 Å². The molecule has 1 heterocycles. The number of amides is 1. The molecule has 1 aliphatic carbocycles. The standard InChI is InChI=1S/C16H31N3O2/c1-14(16(20)18-10-12-21-13-11-18)19(9-5-8-17)15-6-3-2-4-7-15/h14-15H,2-13,17H2,1H3. The van der Waals surface area contributed by atoms with Gasteiger partial charge in [-0.3, -0.25) is 9.69 Å². The van der Waals surface area contributed by atoms with Crippen LogP contribution < -0.4 is 5.73 Å². The van der Waals surface area contributed by atoms with Crippen LogP contribution in [0.15, 0.2) is 0 Å². The quantitative estimate of drug-likeness (QED) is 0.801. The summed E-state index contributed by atoms with van der Waals surface area (Å²) in [5.41, 5.74) is 5.69. The van der Waals surface area contributed by atoms with Crippen molar-refractivity contribution < 1.29 is 9.53 Å². The Morgan fingerprint density at radius 1 is 1.29 bits per heavy atom. The molecule has 2 fully saturated rings. The summed E-state index contributed by atoms with van der Waals surface area (Å²) in [5, 5.41) is 0. The second-order valence-corrected chi connectivity index (χ2v) is 6.29. The maximum absolute atomic E-state index is 12.7. The van der Waals surface area contributed by atoms with Crippen LogP contribution in [0.25, 0.3) is 0 Å². The number of hydrogen-bond acceptors (Lipinski definition) is 4. The molecule has 1 amide bonds. The first kappa shape index (κ1) is 16.7. The van der Waals surface area contributed by atoms with Crippen molar-refractivity contribution in [2.45, 2.75) is 57.5 Å². The van der Waals surface area contributed by atoms with Gasteiger partial charge in [0, 0.05) is 25.7 Å². The molecule has 0 spiro atoms. The first-order valence-electron chi connectivity index (χ1n) is 8.56. The van der Waals surface area contributed by atoms with Crippen LogP contribution in [0.3, 0.4) is 0 Å². The van der Waals surface area contributed by atoms with Crippen LogP contribution in [-0.2, 0) is 9.53 Å². The van der Waals surface area contributed by atoms with Crippen LogP contribution in [0.1, 0.15) is 45.4 Å². The van der Waals surface area contributed by atoms with Crippen LogP contribution in [0.4, 0.5) is 0 Å². The monoisotopic (exact) mass is 297 g/mol. The average molecular weight is 297 g/mol. The summed E-state index contributed by atoms with van der Waals surface area (Å²) in [4.78, 5) is 17.1. The first-order valence-corrected chi connectivity index (χ1v) is 8.56. The molecule has 0 aromatic carbocycles. The zero-order valence-electron chi connectivity index (χ0n) is 13.4. The predicted molar refractivity (Wildman–Crippen MR) is 84.1 cm³/mol. The number of carbonyl (C=O) groups is 1. The molecule has 1 aliphatic heterocycles. The molecule has 1 atom stereocenters. The second-order valence-electron chi connectivity index (χ2n) is 6.29. The molecule has 5 heteroatoms. The van der Waals surface area contributed by atoms with Crippen molar-refractivity contribution in [1.29, 1.82) is 0 Å².